The Balaban J connectivity index is 2.20. The highest BCUT2D eigenvalue weighted by Gasteiger charge is 2.24. The number of carbonyl (C=O) groups is 3. The van der Waals surface area contributed by atoms with Gasteiger partial charge in [-0.05, 0) is 39.3 Å². The molecule has 132 valence electrons. The lowest BCUT2D eigenvalue weighted by molar-refractivity contribution is -0.127. The van der Waals surface area contributed by atoms with Crippen molar-refractivity contribution in [2.75, 3.05) is 0 Å². The second kappa shape index (κ2) is 7.12. The molecule has 1 heterocycles. The van der Waals surface area contributed by atoms with Crippen molar-refractivity contribution in [3.05, 3.63) is 40.7 Å². The highest BCUT2D eigenvalue weighted by molar-refractivity contribution is 5.97. The number of aryl methyl sites for hydroxylation is 3. The van der Waals surface area contributed by atoms with Gasteiger partial charge in [0.25, 0.3) is 5.91 Å². The maximum Gasteiger partial charge on any atom is 0.361 e. The van der Waals surface area contributed by atoms with E-state index in [2.05, 4.69) is 10.2 Å². The van der Waals surface area contributed by atoms with E-state index in [1.54, 1.807) is 6.92 Å². The van der Waals surface area contributed by atoms with Gasteiger partial charge in [0.05, 0.1) is 11.4 Å². The van der Waals surface area contributed by atoms with Crippen molar-refractivity contribution in [1.82, 2.24) is 20.3 Å². The molecule has 0 saturated carbocycles. The van der Waals surface area contributed by atoms with Gasteiger partial charge in [0.1, 0.15) is 0 Å². The quantitative estimate of drug-likeness (QED) is 0.793. The van der Waals surface area contributed by atoms with Crippen LogP contribution in [0.2, 0.25) is 0 Å². The Morgan fingerprint density at radius 2 is 1.88 bits per heavy atom. The number of hydrogen-bond donors (Lipinski definition) is 2. The summed E-state index contributed by atoms with van der Waals surface area (Å²) >= 11 is 0. The van der Waals surface area contributed by atoms with Crippen LogP contribution in [0.15, 0.2) is 18.2 Å². The minimum Gasteiger partial charge on any atom is -0.448 e. The summed E-state index contributed by atoms with van der Waals surface area (Å²) in [5.74, 6) is -1.64. The average molecular weight is 345 g/mol. The lowest BCUT2D eigenvalue weighted by Crippen LogP contribution is -2.42. The lowest BCUT2D eigenvalue weighted by Gasteiger charge is -2.10. The molecule has 0 bridgehead atoms. The zero-order valence-electron chi connectivity index (χ0n) is 14.4. The van der Waals surface area contributed by atoms with Crippen LogP contribution >= 0.6 is 0 Å². The standard InChI is InChI=1S/C16H19N5O4/c1-8-5-6-12(9(2)7-8)21-19-10(3)13(20-21)15(23)25-11(4)14(22)18-16(17)24/h5-7,11H,1-4H3,(H3,17,18,22,24)/t11-/m0/s1. The minimum atomic E-state index is -1.20. The van der Waals surface area contributed by atoms with E-state index in [-0.39, 0.29) is 5.69 Å². The largest absolute Gasteiger partial charge is 0.448 e. The molecule has 0 unspecified atom stereocenters. The Kier molecular flexibility index (Phi) is 5.16. The van der Waals surface area contributed by atoms with Gasteiger partial charge in [0.15, 0.2) is 11.8 Å². The third-order valence-electron chi connectivity index (χ3n) is 3.44. The molecule has 1 atom stereocenters. The zero-order valence-corrected chi connectivity index (χ0v) is 14.4. The third kappa shape index (κ3) is 4.19. The number of benzene rings is 1. The number of nitrogens with zero attached hydrogens (tertiary/aromatic N) is 3. The zero-order chi connectivity index (χ0) is 18.7. The van der Waals surface area contributed by atoms with Crippen LogP contribution in [0.4, 0.5) is 4.79 Å². The van der Waals surface area contributed by atoms with Crippen LogP contribution < -0.4 is 11.1 Å². The Labute approximate surface area is 144 Å². The first kappa shape index (κ1) is 18.1. The predicted molar refractivity (Wildman–Crippen MR) is 88.2 cm³/mol. The molecule has 3 N–H and O–H groups in total. The van der Waals surface area contributed by atoms with E-state index in [0.29, 0.717) is 5.69 Å². The van der Waals surface area contributed by atoms with Gasteiger partial charge >= 0.3 is 12.0 Å². The molecule has 25 heavy (non-hydrogen) atoms. The SMILES string of the molecule is Cc1ccc(-n2nc(C)c(C(=O)O[C@@H](C)C(=O)NC(N)=O)n2)c(C)c1. The molecule has 2 aromatic rings. The maximum atomic E-state index is 12.2. The first-order valence-electron chi connectivity index (χ1n) is 7.52. The van der Waals surface area contributed by atoms with Crippen molar-refractivity contribution in [3.63, 3.8) is 0 Å². The number of hydrogen-bond acceptors (Lipinski definition) is 6. The molecule has 9 nitrogen and oxygen atoms in total. The van der Waals surface area contributed by atoms with Gasteiger partial charge in [0, 0.05) is 0 Å². The van der Waals surface area contributed by atoms with Gasteiger partial charge in [0.2, 0.25) is 0 Å². The Morgan fingerprint density at radius 1 is 1.20 bits per heavy atom. The van der Waals surface area contributed by atoms with Crippen molar-refractivity contribution < 1.29 is 19.1 Å². The molecule has 9 heteroatoms. The normalized spacial score (nSPS) is 11.7. The Bertz CT molecular complexity index is 843. The number of ether oxygens (including phenoxy) is 1. The molecule has 0 fully saturated rings. The van der Waals surface area contributed by atoms with Crippen LogP contribution in [-0.2, 0) is 9.53 Å². The lowest BCUT2D eigenvalue weighted by atomic mass is 10.1. The fourth-order valence-corrected chi connectivity index (χ4v) is 2.20. The molecule has 0 spiro atoms. The van der Waals surface area contributed by atoms with E-state index < -0.39 is 24.0 Å². The van der Waals surface area contributed by atoms with E-state index in [4.69, 9.17) is 10.5 Å². The Hall–Kier alpha value is -3.23. The number of urea groups is 1. The number of nitrogens with two attached hydrogens (primary N) is 1. The molecular weight excluding hydrogens is 326 g/mol. The van der Waals surface area contributed by atoms with Gasteiger partial charge in [-0.2, -0.15) is 9.90 Å². The molecule has 0 saturated heterocycles. The van der Waals surface area contributed by atoms with Gasteiger partial charge in [-0.3, -0.25) is 10.1 Å². The summed E-state index contributed by atoms with van der Waals surface area (Å²) in [5.41, 5.74) is 7.97. The summed E-state index contributed by atoms with van der Waals surface area (Å²) in [6, 6.07) is 4.71. The molecule has 1 aromatic carbocycles. The second-order valence-electron chi connectivity index (χ2n) is 5.61. The molecule has 1 aromatic heterocycles. The van der Waals surface area contributed by atoms with Crippen LogP contribution in [0, 0.1) is 20.8 Å². The monoisotopic (exact) mass is 345 g/mol. The molecular formula is C16H19N5O4. The van der Waals surface area contributed by atoms with Crippen LogP contribution in [0.25, 0.3) is 5.69 Å². The number of amides is 3. The van der Waals surface area contributed by atoms with Gasteiger partial charge in [-0.1, -0.05) is 17.7 Å². The summed E-state index contributed by atoms with van der Waals surface area (Å²) in [6.45, 7) is 6.81. The molecule has 0 aliphatic carbocycles. The van der Waals surface area contributed by atoms with Crippen LogP contribution in [0.3, 0.4) is 0 Å². The predicted octanol–water partition coefficient (Wildman–Crippen LogP) is 0.933. The van der Waals surface area contributed by atoms with Crippen molar-refractivity contribution >= 4 is 17.9 Å². The summed E-state index contributed by atoms with van der Waals surface area (Å²) in [6.07, 6.45) is -1.20. The molecule has 2 rings (SSSR count). The number of aromatic nitrogens is 3. The molecule has 0 aliphatic heterocycles. The summed E-state index contributed by atoms with van der Waals surface area (Å²) in [7, 11) is 0. The first-order valence-corrected chi connectivity index (χ1v) is 7.52. The van der Waals surface area contributed by atoms with Gasteiger partial charge < -0.3 is 10.5 Å². The first-order chi connectivity index (χ1) is 11.7. The number of imide groups is 1. The summed E-state index contributed by atoms with van der Waals surface area (Å²) in [5, 5.41) is 10.2. The summed E-state index contributed by atoms with van der Waals surface area (Å²) < 4.78 is 5.00. The van der Waals surface area contributed by atoms with E-state index in [1.807, 2.05) is 37.4 Å². The van der Waals surface area contributed by atoms with E-state index >= 15 is 0 Å². The van der Waals surface area contributed by atoms with Gasteiger partial charge in [-0.15, -0.1) is 5.10 Å². The highest BCUT2D eigenvalue weighted by atomic mass is 16.5. The fraction of sp³-hybridized carbons (Fsp3) is 0.312. The maximum absolute atomic E-state index is 12.2. The number of esters is 1. The molecule has 0 radical (unpaired) electrons. The number of primary amides is 1. The van der Waals surface area contributed by atoms with Gasteiger partial charge in [-0.25, -0.2) is 9.59 Å². The van der Waals surface area contributed by atoms with Crippen LogP contribution in [-0.4, -0.2) is 39.0 Å². The van der Waals surface area contributed by atoms with Crippen LogP contribution in [0.1, 0.15) is 34.2 Å². The van der Waals surface area contributed by atoms with E-state index in [9.17, 15) is 14.4 Å². The smallest absolute Gasteiger partial charge is 0.361 e. The molecule has 0 aliphatic rings. The van der Waals surface area contributed by atoms with E-state index in [0.717, 1.165) is 16.8 Å². The topological polar surface area (TPSA) is 129 Å². The third-order valence-corrected chi connectivity index (χ3v) is 3.44. The number of nitrogens with one attached hydrogen (secondary N) is 1. The van der Waals surface area contributed by atoms with E-state index in [1.165, 1.54) is 11.7 Å². The number of rotatable bonds is 4. The average Bonchev–Trinajstić information content (AvgIpc) is 2.88. The number of carbonyl (C=O) groups excluding carboxylic acids is 3. The Morgan fingerprint density at radius 3 is 2.48 bits per heavy atom. The second-order valence-corrected chi connectivity index (χ2v) is 5.61. The van der Waals surface area contributed by atoms with Crippen molar-refractivity contribution in [2.45, 2.75) is 33.8 Å². The summed E-state index contributed by atoms with van der Waals surface area (Å²) in [4.78, 5) is 35.8. The van der Waals surface area contributed by atoms with Crippen molar-refractivity contribution in [2.24, 2.45) is 5.73 Å². The van der Waals surface area contributed by atoms with Crippen molar-refractivity contribution in [1.29, 1.82) is 0 Å². The van der Waals surface area contributed by atoms with Crippen molar-refractivity contribution in [3.8, 4) is 5.69 Å². The fourth-order valence-electron chi connectivity index (χ4n) is 2.20. The minimum absolute atomic E-state index is 0.0151. The molecule has 3 amide bonds. The highest BCUT2D eigenvalue weighted by Crippen LogP contribution is 2.16. The van der Waals surface area contributed by atoms with Crippen LogP contribution in [0.5, 0.6) is 0 Å².